The summed E-state index contributed by atoms with van der Waals surface area (Å²) in [5.74, 6) is -0.210. The highest BCUT2D eigenvalue weighted by Gasteiger charge is 2.43. The summed E-state index contributed by atoms with van der Waals surface area (Å²) in [5, 5.41) is 7.89. The Hall–Kier alpha value is -0.800. The SMILES string of the molecule is O=C(CC1(Br)C(Br)=NN=C1Br)N1CCN(c2ccc(F)cc2)CC1. The first-order valence-corrected chi connectivity index (χ1v) is 9.73. The van der Waals surface area contributed by atoms with Crippen molar-refractivity contribution in [2.75, 3.05) is 31.1 Å². The number of halogens is 4. The van der Waals surface area contributed by atoms with Crippen LogP contribution in [0.2, 0.25) is 0 Å². The summed E-state index contributed by atoms with van der Waals surface area (Å²) in [6, 6.07) is 6.44. The molecule has 0 aromatic heterocycles. The zero-order valence-corrected chi connectivity index (χ0v) is 17.3. The first-order chi connectivity index (χ1) is 11.4. The average molecular weight is 525 g/mol. The summed E-state index contributed by atoms with van der Waals surface area (Å²) in [4.78, 5) is 16.6. The fraction of sp³-hybridized carbons (Fsp3) is 0.400. The maximum absolute atomic E-state index is 13.0. The molecule has 0 spiro atoms. The zero-order chi connectivity index (χ0) is 17.3. The van der Waals surface area contributed by atoms with Crippen LogP contribution >= 0.6 is 47.8 Å². The smallest absolute Gasteiger partial charge is 0.224 e. The second-order valence-corrected chi connectivity index (χ2v) is 8.46. The van der Waals surface area contributed by atoms with Gasteiger partial charge in [0.25, 0.3) is 0 Å². The Morgan fingerprint density at radius 3 is 2.17 bits per heavy atom. The van der Waals surface area contributed by atoms with Gasteiger partial charge in [0.15, 0.2) is 0 Å². The number of piperazine rings is 1. The lowest BCUT2D eigenvalue weighted by molar-refractivity contribution is -0.131. The molecule has 128 valence electrons. The molecule has 0 saturated carbocycles. The average Bonchev–Trinajstić information content (AvgIpc) is 2.83. The number of nitrogens with zero attached hydrogens (tertiary/aromatic N) is 4. The van der Waals surface area contributed by atoms with E-state index in [1.165, 1.54) is 12.1 Å². The minimum Gasteiger partial charge on any atom is -0.368 e. The van der Waals surface area contributed by atoms with Crippen molar-refractivity contribution >= 4 is 68.6 Å². The van der Waals surface area contributed by atoms with Gasteiger partial charge in [-0.3, -0.25) is 4.79 Å². The Labute approximate surface area is 164 Å². The third-order valence-electron chi connectivity index (χ3n) is 4.10. The van der Waals surface area contributed by atoms with Crippen LogP contribution in [0.1, 0.15) is 6.42 Å². The molecule has 5 nitrogen and oxygen atoms in total. The van der Waals surface area contributed by atoms with Crippen molar-refractivity contribution in [2.24, 2.45) is 10.2 Å². The first-order valence-electron chi connectivity index (χ1n) is 7.35. The largest absolute Gasteiger partial charge is 0.368 e. The molecule has 0 unspecified atom stereocenters. The Morgan fingerprint density at radius 1 is 1.08 bits per heavy atom. The highest BCUT2D eigenvalue weighted by Crippen LogP contribution is 2.36. The molecule has 2 aliphatic rings. The van der Waals surface area contributed by atoms with Gasteiger partial charge in [0, 0.05) is 31.9 Å². The van der Waals surface area contributed by atoms with E-state index in [2.05, 4.69) is 62.9 Å². The minimum atomic E-state index is -0.710. The third kappa shape index (κ3) is 3.57. The van der Waals surface area contributed by atoms with Gasteiger partial charge in [0.2, 0.25) is 5.91 Å². The van der Waals surface area contributed by atoms with Gasteiger partial charge in [-0.05, 0) is 56.1 Å². The molecular weight excluding hydrogens is 511 g/mol. The molecule has 0 radical (unpaired) electrons. The van der Waals surface area contributed by atoms with E-state index in [0.29, 0.717) is 22.3 Å². The van der Waals surface area contributed by atoms with E-state index in [1.807, 2.05) is 4.90 Å². The number of hydrogen-bond acceptors (Lipinski definition) is 4. The zero-order valence-electron chi connectivity index (χ0n) is 12.6. The number of carbonyl (C=O) groups excluding carboxylic acids is 1. The van der Waals surface area contributed by atoms with Gasteiger partial charge in [0.05, 0.1) is 6.42 Å². The Bertz CT molecular complexity index is 681. The van der Waals surface area contributed by atoms with Crippen LogP contribution in [0.3, 0.4) is 0 Å². The maximum Gasteiger partial charge on any atom is 0.224 e. The quantitative estimate of drug-likeness (QED) is 0.568. The van der Waals surface area contributed by atoms with E-state index in [-0.39, 0.29) is 18.1 Å². The monoisotopic (exact) mass is 522 g/mol. The second kappa shape index (κ2) is 7.21. The van der Waals surface area contributed by atoms with Crippen LogP contribution in [-0.2, 0) is 4.79 Å². The molecule has 1 fully saturated rings. The van der Waals surface area contributed by atoms with Crippen molar-refractivity contribution in [3.8, 4) is 0 Å². The lowest BCUT2D eigenvalue weighted by Crippen LogP contribution is -2.50. The molecule has 1 saturated heterocycles. The van der Waals surface area contributed by atoms with Crippen LogP contribution in [0.5, 0.6) is 0 Å². The molecule has 2 aliphatic heterocycles. The number of alkyl halides is 1. The predicted molar refractivity (Wildman–Crippen MR) is 104 cm³/mol. The number of rotatable bonds is 3. The van der Waals surface area contributed by atoms with E-state index in [0.717, 1.165) is 18.8 Å². The van der Waals surface area contributed by atoms with E-state index in [1.54, 1.807) is 12.1 Å². The van der Waals surface area contributed by atoms with Crippen LogP contribution in [-0.4, -0.2) is 50.6 Å². The molecule has 1 aromatic carbocycles. The highest BCUT2D eigenvalue weighted by molar-refractivity contribution is 9.22. The maximum atomic E-state index is 13.0. The number of benzene rings is 1. The minimum absolute atomic E-state index is 0.0341. The molecule has 1 aromatic rings. The summed E-state index contributed by atoms with van der Waals surface area (Å²) in [5.41, 5.74) is 0.973. The summed E-state index contributed by atoms with van der Waals surface area (Å²) >= 11 is 10.2. The summed E-state index contributed by atoms with van der Waals surface area (Å²) < 4.78 is 13.5. The molecule has 9 heteroatoms. The van der Waals surface area contributed by atoms with Crippen molar-refractivity contribution in [1.82, 2.24) is 4.90 Å². The summed E-state index contributed by atoms with van der Waals surface area (Å²) in [6.07, 6.45) is 0.234. The number of amides is 1. The molecule has 0 atom stereocenters. The summed E-state index contributed by atoms with van der Waals surface area (Å²) in [7, 11) is 0. The van der Waals surface area contributed by atoms with Gasteiger partial charge < -0.3 is 9.80 Å². The Morgan fingerprint density at radius 2 is 1.62 bits per heavy atom. The third-order valence-corrected chi connectivity index (χ3v) is 7.87. The van der Waals surface area contributed by atoms with Gasteiger partial charge in [-0.25, -0.2) is 4.39 Å². The van der Waals surface area contributed by atoms with Crippen molar-refractivity contribution in [3.63, 3.8) is 0 Å². The Kier molecular flexibility index (Phi) is 5.41. The molecular formula is C15H14Br3FN4O. The van der Waals surface area contributed by atoms with Crippen molar-refractivity contribution < 1.29 is 9.18 Å². The van der Waals surface area contributed by atoms with E-state index in [9.17, 15) is 9.18 Å². The molecule has 0 bridgehead atoms. The van der Waals surface area contributed by atoms with Gasteiger partial charge >= 0.3 is 0 Å². The van der Waals surface area contributed by atoms with Crippen molar-refractivity contribution in [2.45, 2.75) is 10.7 Å². The van der Waals surface area contributed by atoms with Gasteiger partial charge in [-0.15, -0.1) is 10.2 Å². The van der Waals surface area contributed by atoms with Crippen LogP contribution < -0.4 is 4.90 Å². The molecule has 24 heavy (non-hydrogen) atoms. The van der Waals surface area contributed by atoms with Gasteiger partial charge in [0.1, 0.15) is 19.4 Å². The second-order valence-electron chi connectivity index (χ2n) is 5.60. The molecule has 1 amide bonds. The fourth-order valence-electron chi connectivity index (χ4n) is 2.66. The van der Waals surface area contributed by atoms with E-state index in [4.69, 9.17) is 0 Å². The fourth-order valence-corrected chi connectivity index (χ4v) is 4.14. The highest BCUT2D eigenvalue weighted by atomic mass is 79.9. The lowest BCUT2D eigenvalue weighted by Gasteiger charge is -2.37. The molecule has 2 heterocycles. The lowest BCUT2D eigenvalue weighted by atomic mass is 10.1. The predicted octanol–water partition coefficient (Wildman–Crippen LogP) is 3.51. The summed E-state index contributed by atoms with van der Waals surface area (Å²) in [6.45, 7) is 2.69. The first kappa shape index (κ1) is 18.0. The van der Waals surface area contributed by atoms with Crippen molar-refractivity contribution in [3.05, 3.63) is 30.1 Å². The van der Waals surface area contributed by atoms with Crippen LogP contribution in [0.15, 0.2) is 34.5 Å². The molecule has 0 aliphatic carbocycles. The van der Waals surface area contributed by atoms with Crippen LogP contribution in [0, 0.1) is 5.82 Å². The Balaban J connectivity index is 1.59. The number of hydrogen-bond donors (Lipinski definition) is 0. The molecule has 0 N–H and O–H groups in total. The standard InChI is InChI=1S/C15H14Br3FN4O/c16-13-15(18,14(17)21-20-13)9-12(24)23-7-5-22(6-8-23)11-3-1-10(19)2-4-11/h1-4H,5-9H2. The van der Waals surface area contributed by atoms with E-state index >= 15 is 0 Å². The van der Waals surface area contributed by atoms with Gasteiger partial charge in [-0.1, -0.05) is 15.9 Å². The number of anilines is 1. The number of carbonyl (C=O) groups is 1. The van der Waals surface area contributed by atoms with Gasteiger partial charge in [-0.2, -0.15) is 0 Å². The van der Waals surface area contributed by atoms with E-state index < -0.39 is 4.32 Å². The van der Waals surface area contributed by atoms with Crippen LogP contribution in [0.4, 0.5) is 10.1 Å². The van der Waals surface area contributed by atoms with Crippen LogP contribution in [0.25, 0.3) is 0 Å². The van der Waals surface area contributed by atoms with Crippen molar-refractivity contribution in [1.29, 1.82) is 0 Å². The normalized spacial score (nSPS) is 20.0. The molecule has 3 rings (SSSR count). The topological polar surface area (TPSA) is 48.3 Å².